The number of benzene rings is 1. The van der Waals surface area contributed by atoms with Gasteiger partial charge in [-0.3, -0.25) is 4.79 Å². The van der Waals surface area contributed by atoms with Gasteiger partial charge in [0.1, 0.15) is 10.8 Å². The lowest BCUT2D eigenvalue weighted by Gasteiger charge is -2.29. The fourth-order valence-electron chi connectivity index (χ4n) is 3.24. The van der Waals surface area contributed by atoms with E-state index in [9.17, 15) is 4.79 Å². The Labute approximate surface area is 169 Å². The van der Waals surface area contributed by atoms with Gasteiger partial charge in [0.05, 0.1) is 11.4 Å². The van der Waals surface area contributed by atoms with Crippen molar-refractivity contribution >= 4 is 17.7 Å². The van der Waals surface area contributed by atoms with Gasteiger partial charge >= 0.3 is 0 Å². The van der Waals surface area contributed by atoms with E-state index < -0.39 is 0 Å². The Bertz CT molecular complexity index is 916. The van der Waals surface area contributed by atoms with Crippen LogP contribution in [0.1, 0.15) is 36.1 Å². The molecule has 144 valence electrons. The molecule has 0 bridgehead atoms. The molecule has 3 heterocycles. The first-order chi connectivity index (χ1) is 13.7. The van der Waals surface area contributed by atoms with Gasteiger partial charge in [-0.1, -0.05) is 49.0 Å². The van der Waals surface area contributed by atoms with Crippen molar-refractivity contribution in [3.05, 3.63) is 66.1 Å². The first-order valence-electron chi connectivity index (χ1n) is 9.59. The van der Waals surface area contributed by atoms with Crippen LogP contribution in [0, 0.1) is 5.92 Å². The van der Waals surface area contributed by atoms with E-state index in [2.05, 4.69) is 17.1 Å². The van der Waals surface area contributed by atoms with Gasteiger partial charge in [0, 0.05) is 18.7 Å². The van der Waals surface area contributed by atoms with Gasteiger partial charge in [0.25, 0.3) is 5.91 Å². The molecule has 0 N–H and O–H groups in total. The van der Waals surface area contributed by atoms with E-state index >= 15 is 0 Å². The molecule has 1 aliphatic rings. The van der Waals surface area contributed by atoms with Crippen molar-refractivity contribution in [2.45, 2.75) is 30.5 Å². The van der Waals surface area contributed by atoms with E-state index in [-0.39, 0.29) is 5.91 Å². The van der Waals surface area contributed by atoms with E-state index in [1.807, 2.05) is 53.4 Å². The van der Waals surface area contributed by atoms with Gasteiger partial charge in [-0.15, -0.1) is 10.2 Å². The quantitative estimate of drug-likeness (QED) is 0.577. The van der Waals surface area contributed by atoms with Crippen LogP contribution in [0.2, 0.25) is 0 Å². The number of carbonyl (C=O) groups excluding carboxylic acids is 1. The van der Waals surface area contributed by atoms with Gasteiger partial charge in [-0.25, -0.2) is 0 Å². The molecule has 6 heteroatoms. The summed E-state index contributed by atoms with van der Waals surface area (Å²) in [6.07, 6.45) is 2.12. The van der Waals surface area contributed by atoms with Crippen LogP contribution in [0.15, 0.2) is 64.0 Å². The summed E-state index contributed by atoms with van der Waals surface area (Å²) in [5.41, 5.74) is 1.90. The summed E-state index contributed by atoms with van der Waals surface area (Å²) in [4.78, 5) is 14.5. The first kappa shape index (κ1) is 18.7. The van der Waals surface area contributed by atoms with E-state index in [1.54, 1.807) is 17.8 Å². The molecule has 0 spiro atoms. The molecule has 1 amide bonds. The van der Waals surface area contributed by atoms with Crippen molar-refractivity contribution in [1.29, 1.82) is 0 Å². The minimum Gasteiger partial charge on any atom is -0.455 e. The molecule has 4 rings (SSSR count). The molecule has 1 saturated heterocycles. The summed E-state index contributed by atoms with van der Waals surface area (Å²) in [7, 11) is 0. The number of furan rings is 1. The monoisotopic (exact) mass is 393 g/mol. The maximum atomic E-state index is 12.6. The highest BCUT2D eigenvalue weighted by Gasteiger charge is 2.23. The van der Waals surface area contributed by atoms with Crippen LogP contribution < -0.4 is 0 Å². The van der Waals surface area contributed by atoms with Gasteiger partial charge in [-0.2, -0.15) is 0 Å². The number of amides is 1. The topological polar surface area (TPSA) is 59.2 Å². The number of nitrogens with zero attached hydrogens (tertiary/aromatic N) is 3. The van der Waals surface area contributed by atoms with E-state index in [0.717, 1.165) is 48.0 Å². The summed E-state index contributed by atoms with van der Waals surface area (Å²) >= 11 is 1.55. The number of rotatable bonds is 5. The molecule has 0 saturated carbocycles. The number of likely N-dealkylation sites (tertiary alicyclic amines) is 1. The third-order valence-corrected chi connectivity index (χ3v) is 5.96. The first-order valence-corrected chi connectivity index (χ1v) is 10.6. The SMILES string of the molecule is CC1CCN(C(=O)c2ccc(CSc3ccc(-c4ccccc4)nn3)o2)CC1. The molecule has 0 radical (unpaired) electrons. The predicted octanol–water partition coefficient (Wildman–Crippen LogP) is 4.90. The Balaban J connectivity index is 1.34. The third kappa shape index (κ3) is 4.44. The highest BCUT2D eigenvalue weighted by molar-refractivity contribution is 7.98. The molecule has 1 fully saturated rings. The molecular formula is C22H23N3O2S. The third-order valence-electron chi connectivity index (χ3n) is 5.02. The minimum atomic E-state index is -0.00449. The molecule has 0 aliphatic carbocycles. The second-order valence-electron chi connectivity index (χ2n) is 7.15. The van der Waals surface area contributed by atoms with Gasteiger partial charge in [-0.05, 0) is 43.0 Å². The smallest absolute Gasteiger partial charge is 0.289 e. The molecule has 5 nitrogen and oxygen atoms in total. The van der Waals surface area contributed by atoms with E-state index in [1.165, 1.54) is 0 Å². The maximum Gasteiger partial charge on any atom is 0.289 e. The van der Waals surface area contributed by atoms with Crippen LogP contribution in [0.4, 0.5) is 0 Å². The summed E-state index contributed by atoms with van der Waals surface area (Å²) in [5, 5.41) is 9.42. The Morgan fingerprint density at radius 3 is 2.57 bits per heavy atom. The van der Waals surface area contributed by atoms with Crippen molar-refractivity contribution in [2.24, 2.45) is 5.92 Å². The second-order valence-corrected chi connectivity index (χ2v) is 8.15. The zero-order chi connectivity index (χ0) is 19.3. The Hall–Kier alpha value is -2.60. The highest BCUT2D eigenvalue weighted by Crippen LogP contribution is 2.25. The van der Waals surface area contributed by atoms with Crippen LogP contribution in [-0.4, -0.2) is 34.1 Å². The molecule has 3 aromatic rings. The maximum absolute atomic E-state index is 12.6. The Kier molecular flexibility index (Phi) is 5.76. The van der Waals surface area contributed by atoms with E-state index in [0.29, 0.717) is 17.4 Å². The fraction of sp³-hybridized carbons (Fsp3) is 0.318. The van der Waals surface area contributed by atoms with Crippen LogP contribution in [0.25, 0.3) is 11.3 Å². The Morgan fingerprint density at radius 1 is 1.07 bits per heavy atom. The standard InChI is InChI=1S/C22H23N3O2S/c1-16-11-13-25(14-12-16)22(26)20-9-7-18(27-20)15-28-21-10-8-19(23-24-21)17-5-3-2-4-6-17/h2-10,16H,11-15H2,1H3. The van der Waals surface area contributed by atoms with Crippen molar-refractivity contribution in [1.82, 2.24) is 15.1 Å². The average molecular weight is 394 g/mol. The van der Waals surface area contributed by atoms with Crippen LogP contribution >= 0.6 is 11.8 Å². The molecule has 0 atom stereocenters. The lowest BCUT2D eigenvalue weighted by Crippen LogP contribution is -2.37. The summed E-state index contributed by atoms with van der Waals surface area (Å²) in [6.45, 7) is 3.86. The number of aromatic nitrogens is 2. The van der Waals surface area contributed by atoms with Crippen molar-refractivity contribution in [3.63, 3.8) is 0 Å². The minimum absolute atomic E-state index is 0.00449. The van der Waals surface area contributed by atoms with Gasteiger partial charge < -0.3 is 9.32 Å². The van der Waals surface area contributed by atoms with Crippen LogP contribution in [0.3, 0.4) is 0 Å². The number of thioether (sulfide) groups is 1. The number of hydrogen-bond donors (Lipinski definition) is 0. The number of carbonyl (C=O) groups is 1. The van der Waals surface area contributed by atoms with Crippen molar-refractivity contribution in [3.8, 4) is 11.3 Å². The lowest BCUT2D eigenvalue weighted by atomic mass is 9.99. The average Bonchev–Trinajstić information content (AvgIpc) is 3.22. The van der Waals surface area contributed by atoms with Crippen LogP contribution in [-0.2, 0) is 5.75 Å². The van der Waals surface area contributed by atoms with Crippen molar-refractivity contribution < 1.29 is 9.21 Å². The fourth-order valence-corrected chi connectivity index (χ4v) is 3.95. The largest absolute Gasteiger partial charge is 0.455 e. The normalized spacial score (nSPS) is 15.0. The highest BCUT2D eigenvalue weighted by atomic mass is 32.2. The van der Waals surface area contributed by atoms with Gasteiger partial charge in [0.2, 0.25) is 0 Å². The molecule has 1 aliphatic heterocycles. The number of piperidine rings is 1. The lowest BCUT2D eigenvalue weighted by molar-refractivity contribution is 0.0663. The number of hydrogen-bond acceptors (Lipinski definition) is 5. The molecule has 28 heavy (non-hydrogen) atoms. The van der Waals surface area contributed by atoms with Crippen molar-refractivity contribution in [2.75, 3.05) is 13.1 Å². The van der Waals surface area contributed by atoms with Crippen LogP contribution in [0.5, 0.6) is 0 Å². The molecule has 1 aromatic carbocycles. The molecular weight excluding hydrogens is 370 g/mol. The Morgan fingerprint density at radius 2 is 1.86 bits per heavy atom. The molecule has 0 unspecified atom stereocenters. The summed E-state index contributed by atoms with van der Waals surface area (Å²) < 4.78 is 5.78. The van der Waals surface area contributed by atoms with Gasteiger partial charge in [0.15, 0.2) is 5.76 Å². The zero-order valence-corrected chi connectivity index (χ0v) is 16.7. The summed E-state index contributed by atoms with van der Waals surface area (Å²) in [5.74, 6) is 2.50. The summed E-state index contributed by atoms with van der Waals surface area (Å²) in [6, 6.07) is 17.6. The second kappa shape index (κ2) is 8.61. The predicted molar refractivity (Wildman–Crippen MR) is 110 cm³/mol. The zero-order valence-electron chi connectivity index (χ0n) is 15.9. The molecule has 2 aromatic heterocycles. The van der Waals surface area contributed by atoms with E-state index in [4.69, 9.17) is 4.42 Å².